The van der Waals surface area contributed by atoms with Crippen LogP contribution in [-0.4, -0.2) is 55.8 Å². The van der Waals surface area contributed by atoms with E-state index in [2.05, 4.69) is 94.5 Å². The van der Waals surface area contributed by atoms with E-state index in [0.29, 0.717) is 0 Å². The Kier molecular flexibility index (Phi) is 20.6. The number of carbonyl (C=O) groups is 1. The van der Waals surface area contributed by atoms with E-state index in [-0.39, 0.29) is 29.3 Å². The van der Waals surface area contributed by atoms with Crippen LogP contribution in [0.15, 0.2) is 12.2 Å². The van der Waals surface area contributed by atoms with Crippen molar-refractivity contribution in [2.45, 2.75) is 194 Å². The molecule has 0 saturated heterocycles. The van der Waals surface area contributed by atoms with Gasteiger partial charge >= 0.3 is 5.97 Å². The van der Waals surface area contributed by atoms with E-state index in [1.165, 1.54) is 19.8 Å². The third-order valence-corrected chi connectivity index (χ3v) is 23.9. The van der Waals surface area contributed by atoms with Crippen LogP contribution in [0.1, 0.15) is 121 Å². The lowest BCUT2D eigenvalue weighted by atomic mass is 10.0. The molecule has 0 aliphatic heterocycles. The second-order valence-corrected chi connectivity index (χ2v) is 28.1. The van der Waals surface area contributed by atoms with Crippen molar-refractivity contribution in [1.82, 2.24) is 0 Å². The quantitative estimate of drug-likeness (QED) is 0.0453. The molecule has 3 atom stereocenters. The maximum atomic E-state index is 12.1. The fourth-order valence-corrected chi connectivity index (χ4v) is 12.2. The van der Waals surface area contributed by atoms with Crippen molar-refractivity contribution in [3.05, 3.63) is 12.2 Å². The molecule has 0 aromatic rings. The van der Waals surface area contributed by atoms with E-state index in [4.69, 9.17) is 18.0 Å². The normalized spacial score (nSPS) is 15.6. The summed E-state index contributed by atoms with van der Waals surface area (Å²) in [6.07, 6.45) is 11.3. The lowest BCUT2D eigenvalue weighted by molar-refractivity contribution is -0.144. The molecular formula is C34H72O5Si3. The van der Waals surface area contributed by atoms with Gasteiger partial charge in [0.1, 0.15) is 6.10 Å². The largest absolute Gasteiger partial charge is 0.458 e. The van der Waals surface area contributed by atoms with Crippen LogP contribution in [0.25, 0.3) is 0 Å². The molecule has 0 rings (SSSR count). The highest BCUT2D eigenvalue weighted by molar-refractivity contribution is 6.74. The van der Waals surface area contributed by atoms with Crippen molar-refractivity contribution < 1.29 is 22.8 Å². The molecule has 0 fully saturated rings. The molecule has 0 aliphatic carbocycles. The standard InChI is InChI=1S/C34H72O5Si3/c1-14-21-22-26-32(38-41(15-2,16-3)17-4)33(39-42(18-5,19-6)20-7)28-27-31(37-30(8)35)25-23-24-29-36-40(12,13)34(9,10)11/h27-28,31-33H,14-26,29H2,1-13H3/b28-27+/t31-,32+,33+/m0/s1. The minimum absolute atomic E-state index is 0.0480. The van der Waals surface area contributed by atoms with Crippen LogP contribution in [0.2, 0.25) is 54.4 Å². The van der Waals surface area contributed by atoms with E-state index in [9.17, 15) is 4.79 Å². The molecule has 8 heteroatoms. The van der Waals surface area contributed by atoms with Gasteiger partial charge in [0.2, 0.25) is 0 Å². The highest BCUT2D eigenvalue weighted by atomic mass is 28.4. The second-order valence-electron chi connectivity index (χ2n) is 13.9. The van der Waals surface area contributed by atoms with Gasteiger partial charge in [-0.2, -0.15) is 0 Å². The number of carbonyl (C=O) groups excluding carboxylic acids is 1. The molecule has 250 valence electrons. The minimum atomic E-state index is -1.91. The first-order valence-corrected chi connectivity index (χ1v) is 25.5. The summed E-state index contributed by atoms with van der Waals surface area (Å²) in [5.41, 5.74) is 0. The fraction of sp³-hybridized carbons (Fsp3) is 0.912. The zero-order valence-corrected chi connectivity index (χ0v) is 33.3. The highest BCUT2D eigenvalue weighted by Gasteiger charge is 2.39. The van der Waals surface area contributed by atoms with Gasteiger partial charge in [-0.3, -0.25) is 4.79 Å². The van der Waals surface area contributed by atoms with Gasteiger partial charge in [0.05, 0.1) is 12.2 Å². The van der Waals surface area contributed by atoms with Gasteiger partial charge in [-0.1, -0.05) is 94.6 Å². The van der Waals surface area contributed by atoms with Crippen LogP contribution in [0.3, 0.4) is 0 Å². The first kappa shape index (κ1) is 41.7. The molecule has 0 spiro atoms. The summed E-state index contributed by atoms with van der Waals surface area (Å²) in [6, 6.07) is 6.70. The van der Waals surface area contributed by atoms with Crippen LogP contribution in [-0.2, 0) is 22.8 Å². The van der Waals surface area contributed by atoms with Gasteiger partial charge in [0, 0.05) is 13.5 Å². The van der Waals surface area contributed by atoms with Crippen LogP contribution in [0.4, 0.5) is 0 Å². The van der Waals surface area contributed by atoms with Crippen LogP contribution in [0.5, 0.6) is 0 Å². The molecule has 0 aromatic carbocycles. The number of esters is 1. The molecule has 0 unspecified atom stereocenters. The molecule has 0 saturated carbocycles. The van der Waals surface area contributed by atoms with E-state index >= 15 is 0 Å². The van der Waals surface area contributed by atoms with Crippen molar-refractivity contribution in [3.63, 3.8) is 0 Å². The average molecular weight is 645 g/mol. The summed E-state index contributed by atoms with van der Waals surface area (Å²) in [5.74, 6) is -0.232. The predicted octanol–water partition coefficient (Wildman–Crippen LogP) is 11.0. The molecule has 42 heavy (non-hydrogen) atoms. The van der Waals surface area contributed by atoms with Crippen molar-refractivity contribution >= 4 is 30.9 Å². The van der Waals surface area contributed by atoms with Gasteiger partial charge in [-0.25, -0.2) is 0 Å². The Morgan fingerprint density at radius 1 is 0.714 bits per heavy atom. The molecule has 5 nitrogen and oxygen atoms in total. The summed E-state index contributed by atoms with van der Waals surface area (Å²) in [5, 5.41) is 0.211. The number of hydrogen-bond donors (Lipinski definition) is 0. The number of hydrogen-bond acceptors (Lipinski definition) is 5. The molecule has 0 bridgehead atoms. The smallest absolute Gasteiger partial charge is 0.303 e. The van der Waals surface area contributed by atoms with Crippen molar-refractivity contribution in [1.29, 1.82) is 0 Å². The van der Waals surface area contributed by atoms with Gasteiger partial charge in [0.25, 0.3) is 0 Å². The highest BCUT2D eigenvalue weighted by Crippen LogP contribution is 2.36. The number of rotatable bonds is 24. The van der Waals surface area contributed by atoms with Crippen LogP contribution in [0, 0.1) is 0 Å². The summed E-state index contributed by atoms with van der Waals surface area (Å²) in [7, 11) is -5.50. The number of ether oxygens (including phenoxy) is 1. The molecule has 0 N–H and O–H groups in total. The van der Waals surface area contributed by atoms with Crippen molar-refractivity contribution in [2.75, 3.05) is 6.61 Å². The van der Waals surface area contributed by atoms with Crippen LogP contribution >= 0.6 is 0 Å². The molecule has 0 amide bonds. The molecule has 0 heterocycles. The second kappa shape index (κ2) is 20.7. The minimum Gasteiger partial charge on any atom is -0.458 e. The summed E-state index contributed by atoms with van der Waals surface area (Å²) in [4.78, 5) is 12.1. The predicted molar refractivity (Wildman–Crippen MR) is 190 cm³/mol. The monoisotopic (exact) mass is 644 g/mol. The lowest BCUT2D eigenvalue weighted by Crippen LogP contribution is -2.49. The van der Waals surface area contributed by atoms with Gasteiger partial charge in [0.15, 0.2) is 25.0 Å². The zero-order chi connectivity index (χ0) is 32.5. The topological polar surface area (TPSA) is 54.0 Å². The summed E-state index contributed by atoms with van der Waals surface area (Å²) in [6.45, 7) is 29.8. The van der Waals surface area contributed by atoms with Crippen LogP contribution < -0.4 is 0 Å². The Morgan fingerprint density at radius 3 is 1.67 bits per heavy atom. The number of unbranched alkanes of at least 4 members (excludes halogenated alkanes) is 3. The van der Waals surface area contributed by atoms with Gasteiger partial charge < -0.3 is 18.0 Å². The SMILES string of the molecule is CCCCC[C@@H](O[Si](CC)(CC)CC)[C@@H](/C=C/[C@H](CCCCO[Si](C)(C)C(C)(C)C)OC(C)=O)O[Si](CC)(CC)CC. The molecule has 0 aromatic heterocycles. The van der Waals surface area contributed by atoms with E-state index in [1.54, 1.807) is 0 Å². The molecule has 0 radical (unpaired) electrons. The lowest BCUT2D eigenvalue weighted by Gasteiger charge is -2.40. The van der Waals surface area contributed by atoms with Gasteiger partial charge in [-0.05, 0) is 86.2 Å². The van der Waals surface area contributed by atoms with E-state index in [1.807, 2.05) is 0 Å². The maximum absolute atomic E-state index is 12.1. The molecule has 0 aliphatic rings. The Labute approximate surface area is 265 Å². The first-order chi connectivity index (χ1) is 19.6. The van der Waals surface area contributed by atoms with Crippen molar-refractivity contribution in [2.24, 2.45) is 0 Å². The third kappa shape index (κ3) is 14.7. The molecular weight excluding hydrogens is 573 g/mol. The Balaban J connectivity index is 6.08. The summed E-state index contributed by atoms with van der Waals surface area (Å²) >= 11 is 0. The van der Waals surface area contributed by atoms with Gasteiger partial charge in [-0.15, -0.1) is 0 Å². The average Bonchev–Trinajstić information content (AvgIpc) is 2.94. The Morgan fingerprint density at radius 2 is 1.21 bits per heavy atom. The zero-order valence-electron chi connectivity index (χ0n) is 30.3. The fourth-order valence-electron chi connectivity index (χ4n) is 5.37. The van der Waals surface area contributed by atoms with Crippen molar-refractivity contribution in [3.8, 4) is 0 Å². The third-order valence-electron chi connectivity index (χ3n) is 10.1. The Hall–Kier alpha value is -0.259. The van der Waals surface area contributed by atoms with E-state index < -0.39 is 25.0 Å². The van der Waals surface area contributed by atoms with E-state index in [0.717, 1.165) is 75.0 Å². The Bertz CT molecular complexity index is 725. The summed E-state index contributed by atoms with van der Waals surface area (Å²) < 4.78 is 26.7. The maximum Gasteiger partial charge on any atom is 0.303 e. The first-order valence-electron chi connectivity index (χ1n) is 17.5.